The van der Waals surface area contributed by atoms with Crippen LogP contribution < -0.4 is 15.7 Å². The summed E-state index contributed by atoms with van der Waals surface area (Å²) in [5, 5.41) is 11.8. The molecule has 1 saturated heterocycles. The molecule has 2 amide bonds. The first-order chi connectivity index (χ1) is 14.5. The van der Waals surface area contributed by atoms with E-state index in [0.29, 0.717) is 13.1 Å². The molecule has 2 heterocycles. The minimum absolute atomic E-state index is 0.0700. The maximum Gasteiger partial charge on any atom is 0.414 e. The van der Waals surface area contributed by atoms with Crippen LogP contribution in [0.4, 0.5) is 10.5 Å². The summed E-state index contributed by atoms with van der Waals surface area (Å²) < 4.78 is 5.31. The third-order valence-electron chi connectivity index (χ3n) is 5.01. The number of carbonyl (C=O) groups excluding carboxylic acids is 2. The van der Waals surface area contributed by atoms with E-state index in [1.807, 2.05) is 54.6 Å². The summed E-state index contributed by atoms with van der Waals surface area (Å²) in [4.78, 5) is 30.0. The molecule has 0 unspecified atom stereocenters. The number of hydroxylamine groups is 1. The Hall–Kier alpha value is -3.36. The van der Waals surface area contributed by atoms with Crippen LogP contribution in [0.2, 0.25) is 0 Å². The molecule has 2 aromatic carbocycles. The molecular formula is C22H23N3O5. The van der Waals surface area contributed by atoms with Crippen molar-refractivity contribution in [3.05, 3.63) is 60.2 Å². The van der Waals surface area contributed by atoms with Gasteiger partial charge in [0.2, 0.25) is 5.91 Å². The van der Waals surface area contributed by atoms with Crippen molar-refractivity contribution in [3.8, 4) is 11.1 Å². The van der Waals surface area contributed by atoms with E-state index < -0.39 is 6.09 Å². The van der Waals surface area contributed by atoms with E-state index in [-0.39, 0.29) is 24.7 Å². The number of aliphatic hydroxyl groups is 1. The molecule has 0 aromatic heterocycles. The number of hydrogen-bond donors (Lipinski definition) is 3. The molecule has 0 spiro atoms. The Morgan fingerprint density at radius 2 is 1.77 bits per heavy atom. The van der Waals surface area contributed by atoms with Crippen LogP contribution >= 0.6 is 0 Å². The van der Waals surface area contributed by atoms with E-state index in [4.69, 9.17) is 14.7 Å². The highest BCUT2D eigenvalue weighted by atomic mass is 16.7. The number of benzene rings is 2. The van der Waals surface area contributed by atoms with Crippen molar-refractivity contribution in [1.29, 1.82) is 0 Å². The standard InChI is InChI=1S/C22H23N3O5/c1-14(27)23-11-20-12-25(22(28)29-20)18-8-6-16(7-9-18)15-2-4-17(5-3-15)21-10-19(13-26)30-24-21/h2-10,19-20,24,26H,11-13H2,1H3,(H,23,27)/t19-,20-/m0/s1. The molecule has 3 N–H and O–H groups in total. The summed E-state index contributed by atoms with van der Waals surface area (Å²) in [6.07, 6.45) is 0.741. The van der Waals surface area contributed by atoms with E-state index >= 15 is 0 Å². The molecule has 8 nitrogen and oxygen atoms in total. The van der Waals surface area contributed by atoms with Crippen LogP contribution in [0.5, 0.6) is 0 Å². The first kappa shape index (κ1) is 19.9. The molecule has 0 saturated carbocycles. The number of nitrogens with zero attached hydrogens (tertiary/aromatic N) is 1. The van der Waals surface area contributed by atoms with Crippen molar-refractivity contribution < 1.29 is 24.3 Å². The minimum atomic E-state index is -0.414. The van der Waals surface area contributed by atoms with Crippen LogP contribution in [0.1, 0.15) is 12.5 Å². The van der Waals surface area contributed by atoms with Gasteiger partial charge in [0.05, 0.1) is 25.4 Å². The average Bonchev–Trinajstić information content (AvgIpc) is 3.39. The third kappa shape index (κ3) is 4.29. The topological polar surface area (TPSA) is 100 Å². The summed E-state index contributed by atoms with van der Waals surface area (Å²) >= 11 is 0. The smallest absolute Gasteiger partial charge is 0.414 e. The fourth-order valence-electron chi connectivity index (χ4n) is 3.41. The summed E-state index contributed by atoms with van der Waals surface area (Å²) in [6.45, 7) is 2.06. The zero-order chi connectivity index (χ0) is 21.1. The number of ether oxygens (including phenoxy) is 1. The summed E-state index contributed by atoms with van der Waals surface area (Å²) in [7, 11) is 0. The first-order valence-corrected chi connectivity index (χ1v) is 9.71. The number of carbonyl (C=O) groups is 2. The van der Waals surface area contributed by atoms with Gasteiger partial charge in [0.25, 0.3) is 0 Å². The zero-order valence-corrected chi connectivity index (χ0v) is 16.5. The van der Waals surface area contributed by atoms with Crippen molar-refractivity contribution in [3.63, 3.8) is 0 Å². The molecule has 8 heteroatoms. The average molecular weight is 409 g/mol. The van der Waals surface area contributed by atoms with Gasteiger partial charge in [-0.2, -0.15) is 0 Å². The van der Waals surface area contributed by atoms with Crippen LogP contribution in [0.15, 0.2) is 54.6 Å². The van der Waals surface area contributed by atoms with Gasteiger partial charge in [-0.05, 0) is 34.9 Å². The molecular weight excluding hydrogens is 386 g/mol. The Morgan fingerprint density at radius 1 is 1.13 bits per heavy atom. The molecule has 2 aliphatic heterocycles. The molecule has 1 fully saturated rings. The van der Waals surface area contributed by atoms with Crippen molar-refractivity contribution in [1.82, 2.24) is 10.8 Å². The quantitative estimate of drug-likeness (QED) is 0.675. The van der Waals surface area contributed by atoms with Crippen LogP contribution in [0, 0.1) is 0 Å². The number of hydrogen-bond acceptors (Lipinski definition) is 6. The molecule has 0 aliphatic carbocycles. The fourth-order valence-corrected chi connectivity index (χ4v) is 3.41. The van der Waals surface area contributed by atoms with Gasteiger partial charge in [0.15, 0.2) is 0 Å². The zero-order valence-electron chi connectivity index (χ0n) is 16.5. The fraction of sp³-hybridized carbons (Fsp3) is 0.273. The van der Waals surface area contributed by atoms with Crippen molar-refractivity contribution in [2.75, 3.05) is 24.6 Å². The molecule has 156 valence electrons. The molecule has 0 bridgehead atoms. The summed E-state index contributed by atoms with van der Waals surface area (Å²) in [5.41, 5.74) is 7.43. The van der Waals surface area contributed by atoms with E-state index in [2.05, 4.69) is 10.8 Å². The van der Waals surface area contributed by atoms with Gasteiger partial charge in [-0.1, -0.05) is 36.4 Å². The summed E-state index contributed by atoms with van der Waals surface area (Å²) in [6, 6.07) is 15.6. The molecule has 2 atom stereocenters. The van der Waals surface area contributed by atoms with Crippen LogP contribution in [0.3, 0.4) is 0 Å². The summed E-state index contributed by atoms with van der Waals surface area (Å²) in [5.74, 6) is -0.152. The van der Waals surface area contributed by atoms with Gasteiger partial charge < -0.3 is 15.2 Å². The number of rotatable bonds is 6. The number of nitrogens with one attached hydrogen (secondary N) is 2. The van der Waals surface area contributed by atoms with Crippen LogP contribution in [-0.4, -0.2) is 49.0 Å². The third-order valence-corrected chi connectivity index (χ3v) is 5.01. The molecule has 2 aromatic rings. The monoisotopic (exact) mass is 409 g/mol. The highest BCUT2D eigenvalue weighted by Crippen LogP contribution is 2.27. The lowest BCUT2D eigenvalue weighted by Crippen LogP contribution is -2.33. The normalized spacial score (nSPS) is 20.5. The first-order valence-electron chi connectivity index (χ1n) is 9.71. The molecule has 4 rings (SSSR count). The van der Waals surface area contributed by atoms with E-state index in [1.165, 1.54) is 6.92 Å². The number of aliphatic hydroxyl groups excluding tert-OH is 1. The maximum atomic E-state index is 12.1. The predicted molar refractivity (Wildman–Crippen MR) is 111 cm³/mol. The highest BCUT2D eigenvalue weighted by Gasteiger charge is 2.32. The Morgan fingerprint density at radius 3 is 2.37 bits per heavy atom. The van der Waals surface area contributed by atoms with Gasteiger partial charge in [0, 0.05) is 12.6 Å². The predicted octanol–water partition coefficient (Wildman–Crippen LogP) is 2.05. The van der Waals surface area contributed by atoms with E-state index in [0.717, 1.165) is 28.1 Å². The van der Waals surface area contributed by atoms with Crippen LogP contribution in [-0.2, 0) is 14.4 Å². The number of cyclic esters (lactones) is 1. The highest BCUT2D eigenvalue weighted by molar-refractivity contribution is 5.90. The molecule has 0 radical (unpaired) electrons. The second kappa shape index (κ2) is 8.56. The van der Waals surface area contributed by atoms with Gasteiger partial charge >= 0.3 is 6.09 Å². The van der Waals surface area contributed by atoms with Crippen molar-refractivity contribution in [2.24, 2.45) is 0 Å². The van der Waals surface area contributed by atoms with Gasteiger partial charge in [0.1, 0.15) is 12.2 Å². The minimum Gasteiger partial charge on any atom is -0.442 e. The van der Waals surface area contributed by atoms with Gasteiger partial charge in [-0.3, -0.25) is 20.0 Å². The maximum absolute atomic E-state index is 12.1. The Balaban J connectivity index is 1.42. The lowest BCUT2D eigenvalue weighted by Gasteiger charge is -2.14. The Kier molecular flexibility index (Phi) is 5.69. The van der Waals surface area contributed by atoms with Crippen LogP contribution in [0.25, 0.3) is 16.8 Å². The molecule has 30 heavy (non-hydrogen) atoms. The van der Waals surface area contributed by atoms with E-state index in [1.54, 1.807) is 4.90 Å². The van der Waals surface area contributed by atoms with Crippen molar-refractivity contribution in [2.45, 2.75) is 19.1 Å². The lowest BCUT2D eigenvalue weighted by atomic mass is 10.0. The second-order valence-electron chi connectivity index (χ2n) is 7.20. The Labute approximate surface area is 174 Å². The lowest BCUT2D eigenvalue weighted by molar-refractivity contribution is -0.119. The largest absolute Gasteiger partial charge is 0.442 e. The van der Waals surface area contributed by atoms with Gasteiger partial charge in [-0.25, -0.2) is 4.79 Å². The SMILES string of the molecule is CC(=O)NC[C@H]1CN(c2ccc(-c3ccc(C4=C[C@@H](CO)ON4)cc3)cc2)C(=O)O1. The number of anilines is 1. The van der Waals surface area contributed by atoms with E-state index in [9.17, 15) is 9.59 Å². The van der Waals surface area contributed by atoms with Gasteiger partial charge in [-0.15, -0.1) is 0 Å². The van der Waals surface area contributed by atoms with Crippen molar-refractivity contribution >= 4 is 23.4 Å². The number of amides is 2. The molecule has 2 aliphatic rings. The Bertz CT molecular complexity index is 956. The second-order valence-corrected chi connectivity index (χ2v) is 7.20.